The predicted octanol–water partition coefficient (Wildman–Crippen LogP) is 7.15. The molecule has 46 heavy (non-hydrogen) atoms. The summed E-state index contributed by atoms with van der Waals surface area (Å²) in [6.45, 7) is 4.10. The molecule has 238 valence electrons. The number of nitrogens with zero attached hydrogens (tertiary/aromatic N) is 2. The Bertz CT molecular complexity index is 1690. The molecular weight excluding hydrogens is 576 g/mol. The largest absolute Gasteiger partial charge is 0.478 e. The van der Waals surface area contributed by atoms with Crippen LogP contribution in [0.5, 0.6) is 0 Å². The van der Waals surface area contributed by atoms with E-state index in [0.717, 1.165) is 40.6 Å². The van der Waals surface area contributed by atoms with E-state index in [2.05, 4.69) is 22.5 Å². The van der Waals surface area contributed by atoms with Crippen molar-refractivity contribution in [3.8, 4) is 11.3 Å². The molecular formula is C38H42N4O4. The van der Waals surface area contributed by atoms with Crippen LogP contribution < -0.4 is 10.6 Å². The van der Waals surface area contributed by atoms with E-state index in [-0.39, 0.29) is 29.3 Å². The van der Waals surface area contributed by atoms with Crippen molar-refractivity contribution >= 4 is 34.4 Å². The van der Waals surface area contributed by atoms with Gasteiger partial charge in [0.25, 0.3) is 5.91 Å². The van der Waals surface area contributed by atoms with E-state index in [1.165, 1.54) is 31.4 Å². The number of carbonyl (C=O) groups excluding carboxylic acids is 2. The molecule has 0 radical (unpaired) electrons. The van der Waals surface area contributed by atoms with Gasteiger partial charge in [-0.25, -0.2) is 9.78 Å². The topological polar surface area (TPSA) is 112 Å². The lowest BCUT2D eigenvalue weighted by molar-refractivity contribution is -0.121. The smallest absolute Gasteiger partial charge is 0.335 e. The number of carbonyl (C=O) groups is 3. The molecule has 1 aliphatic heterocycles. The van der Waals surface area contributed by atoms with Gasteiger partial charge in [-0.1, -0.05) is 67.8 Å². The molecule has 2 aliphatic rings. The maximum absolute atomic E-state index is 14.3. The lowest BCUT2D eigenvalue weighted by atomic mass is 9.84. The molecule has 1 atom stereocenters. The summed E-state index contributed by atoms with van der Waals surface area (Å²) < 4.78 is 0. The summed E-state index contributed by atoms with van der Waals surface area (Å²) in [6.07, 6.45) is 7.37. The summed E-state index contributed by atoms with van der Waals surface area (Å²) in [5.74, 6) is -0.772. The van der Waals surface area contributed by atoms with Gasteiger partial charge in [0.05, 0.1) is 22.3 Å². The molecule has 8 heteroatoms. The molecule has 2 amide bonds. The van der Waals surface area contributed by atoms with Crippen LogP contribution in [0.3, 0.4) is 0 Å². The molecule has 1 saturated carbocycles. The Morgan fingerprint density at radius 3 is 2.24 bits per heavy atom. The van der Waals surface area contributed by atoms with E-state index < -0.39 is 5.97 Å². The van der Waals surface area contributed by atoms with Crippen molar-refractivity contribution in [2.24, 2.45) is 11.8 Å². The summed E-state index contributed by atoms with van der Waals surface area (Å²) in [6, 6.07) is 24.3. The maximum atomic E-state index is 14.3. The molecule has 1 aliphatic carbocycles. The van der Waals surface area contributed by atoms with Gasteiger partial charge >= 0.3 is 5.97 Å². The normalized spacial score (nSPS) is 17.0. The number of pyridine rings is 1. The first-order valence-electron chi connectivity index (χ1n) is 16.5. The fraction of sp³-hybridized carbons (Fsp3) is 0.368. The average Bonchev–Trinajstić information content (AvgIpc) is 3.09. The van der Waals surface area contributed by atoms with E-state index in [4.69, 9.17) is 10.1 Å². The van der Waals surface area contributed by atoms with Crippen molar-refractivity contribution in [3.05, 3.63) is 95.6 Å². The number of hydrogen-bond donors (Lipinski definition) is 3. The minimum absolute atomic E-state index is 0.0490. The van der Waals surface area contributed by atoms with Crippen molar-refractivity contribution < 1.29 is 19.5 Å². The zero-order chi connectivity index (χ0) is 32.0. The number of para-hydroxylation sites is 1. The zero-order valence-electron chi connectivity index (χ0n) is 26.4. The van der Waals surface area contributed by atoms with Crippen LogP contribution in [0.2, 0.25) is 0 Å². The van der Waals surface area contributed by atoms with Gasteiger partial charge in [-0.3, -0.25) is 14.5 Å². The van der Waals surface area contributed by atoms with Gasteiger partial charge in [-0.15, -0.1) is 0 Å². The average molecular weight is 619 g/mol. The van der Waals surface area contributed by atoms with Crippen LogP contribution in [0.25, 0.3) is 22.2 Å². The van der Waals surface area contributed by atoms with Crippen LogP contribution in [0.4, 0.5) is 5.69 Å². The highest BCUT2D eigenvalue weighted by Crippen LogP contribution is 2.33. The summed E-state index contributed by atoms with van der Waals surface area (Å²) in [5.41, 5.74) is 4.97. The number of fused-ring (bicyclic) bond motifs is 1. The third-order valence-corrected chi connectivity index (χ3v) is 9.72. The highest BCUT2D eigenvalue weighted by Gasteiger charge is 2.30. The predicted molar refractivity (Wildman–Crippen MR) is 181 cm³/mol. The third kappa shape index (κ3) is 7.12. The SMILES string of the molecule is C[C@H](NC(=O)c1c(CN2CCC(C(=O)Nc3ccc(C(=O)O)cc3)CC2)c(-c2ccccc2)nc2ccccc12)C1CCCCC1. The van der Waals surface area contributed by atoms with Crippen LogP contribution in [0.1, 0.15) is 78.1 Å². The number of anilines is 1. The minimum atomic E-state index is -0.998. The molecule has 1 aromatic heterocycles. The van der Waals surface area contributed by atoms with Gasteiger partial charge in [0.2, 0.25) is 5.91 Å². The minimum Gasteiger partial charge on any atom is -0.478 e. The van der Waals surface area contributed by atoms with Gasteiger partial charge < -0.3 is 15.7 Å². The monoisotopic (exact) mass is 618 g/mol. The molecule has 4 aromatic rings. The molecule has 0 bridgehead atoms. The molecule has 6 rings (SSSR count). The first-order valence-corrected chi connectivity index (χ1v) is 16.5. The summed E-state index contributed by atoms with van der Waals surface area (Å²) in [5, 5.41) is 16.4. The summed E-state index contributed by atoms with van der Waals surface area (Å²) >= 11 is 0. The lowest BCUT2D eigenvalue weighted by Crippen LogP contribution is -2.40. The summed E-state index contributed by atoms with van der Waals surface area (Å²) in [4.78, 5) is 46.0. The maximum Gasteiger partial charge on any atom is 0.335 e. The number of benzene rings is 3. The Balaban J connectivity index is 1.25. The number of aromatic carboxylic acids is 1. The highest BCUT2D eigenvalue weighted by atomic mass is 16.4. The van der Waals surface area contributed by atoms with Crippen molar-refractivity contribution in [3.63, 3.8) is 0 Å². The molecule has 2 heterocycles. The van der Waals surface area contributed by atoms with Crippen molar-refractivity contribution in [1.29, 1.82) is 0 Å². The Morgan fingerprint density at radius 2 is 1.54 bits per heavy atom. The van der Waals surface area contributed by atoms with Gasteiger partial charge in [0.1, 0.15) is 0 Å². The number of carboxylic acids is 1. The van der Waals surface area contributed by atoms with Crippen molar-refractivity contribution in [2.75, 3.05) is 18.4 Å². The van der Waals surface area contributed by atoms with E-state index >= 15 is 0 Å². The second-order valence-electron chi connectivity index (χ2n) is 12.8. The van der Waals surface area contributed by atoms with Gasteiger partial charge in [0, 0.05) is 40.7 Å². The number of piperidine rings is 1. The number of amides is 2. The van der Waals surface area contributed by atoms with Crippen LogP contribution in [-0.2, 0) is 11.3 Å². The van der Waals surface area contributed by atoms with Crippen LogP contribution in [-0.4, -0.2) is 51.9 Å². The van der Waals surface area contributed by atoms with Crippen LogP contribution >= 0.6 is 0 Å². The van der Waals surface area contributed by atoms with Crippen LogP contribution in [0.15, 0.2) is 78.9 Å². The molecule has 0 unspecified atom stereocenters. The van der Waals surface area contributed by atoms with E-state index in [1.807, 2.05) is 54.6 Å². The first kappa shape index (κ1) is 31.4. The highest BCUT2D eigenvalue weighted by molar-refractivity contribution is 6.09. The molecule has 8 nitrogen and oxygen atoms in total. The quantitative estimate of drug-likeness (QED) is 0.184. The number of rotatable bonds is 9. The Kier molecular flexibility index (Phi) is 9.73. The fourth-order valence-electron chi connectivity index (χ4n) is 7.05. The standard InChI is InChI=1S/C38H42N4O4/c1-25(26-10-4-2-5-11-26)39-37(44)34-31-14-8-9-15-33(31)41-35(27-12-6-3-7-13-27)32(34)24-42-22-20-28(21-23-42)36(43)40-30-18-16-29(17-19-30)38(45)46/h3,6-9,12-19,25-26,28H,2,4-5,10-11,20-24H2,1H3,(H,39,44)(H,40,43)(H,45,46)/t25-/m0/s1. The Labute approximate surface area is 270 Å². The zero-order valence-corrected chi connectivity index (χ0v) is 26.4. The van der Waals surface area contributed by atoms with Gasteiger partial charge in [-0.2, -0.15) is 0 Å². The molecule has 1 saturated heterocycles. The number of nitrogens with one attached hydrogen (secondary N) is 2. The second-order valence-corrected chi connectivity index (χ2v) is 12.8. The molecule has 0 spiro atoms. The third-order valence-electron chi connectivity index (χ3n) is 9.72. The number of likely N-dealkylation sites (tertiary alicyclic amines) is 1. The van der Waals surface area contributed by atoms with Crippen molar-refractivity contribution in [1.82, 2.24) is 15.2 Å². The Hall–Kier alpha value is -4.56. The fourth-order valence-corrected chi connectivity index (χ4v) is 7.05. The number of hydrogen-bond acceptors (Lipinski definition) is 5. The van der Waals surface area contributed by atoms with Crippen LogP contribution in [0, 0.1) is 11.8 Å². The molecule has 3 aromatic carbocycles. The van der Waals surface area contributed by atoms with E-state index in [9.17, 15) is 14.4 Å². The number of carboxylic acid groups (broad SMARTS) is 1. The molecule has 2 fully saturated rings. The first-order chi connectivity index (χ1) is 22.4. The summed E-state index contributed by atoms with van der Waals surface area (Å²) in [7, 11) is 0. The van der Waals surface area contributed by atoms with Gasteiger partial charge in [-0.05, 0) is 81.9 Å². The second kappa shape index (κ2) is 14.3. The van der Waals surface area contributed by atoms with Crippen molar-refractivity contribution in [2.45, 2.75) is 64.5 Å². The van der Waals surface area contributed by atoms with E-state index in [0.29, 0.717) is 49.6 Å². The van der Waals surface area contributed by atoms with Gasteiger partial charge in [0.15, 0.2) is 0 Å². The molecule has 3 N–H and O–H groups in total. The lowest BCUT2D eigenvalue weighted by Gasteiger charge is -2.33. The van der Waals surface area contributed by atoms with E-state index in [1.54, 1.807) is 12.1 Å². The Morgan fingerprint density at radius 1 is 0.870 bits per heavy atom. The number of aromatic nitrogens is 1.